The van der Waals surface area contributed by atoms with E-state index < -0.39 is 0 Å². The fraction of sp³-hybridized carbons (Fsp3) is 0.700. The molecule has 0 unspecified atom stereocenters. The van der Waals surface area contributed by atoms with E-state index in [0.717, 1.165) is 23.2 Å². The Morgan fingerprint density at radius 2 is 2.67 bits per heavy atom. The van der Waals surface area contributed by atoms with Crippen LogP contribution in [0.5, 0.6) is 0 Å². The van der Waals surface area contributed by atoms with Crippen LogP contribution in [-0.4, -0.2) is 27.4 Å². The third-order valence-corrected chi connectivity index (χ3v) is 4.81. The van der Waals surface area contributed by atoms with Gasteiger partial charge in [0.05, 0.1) is 16.4 Å². The van der Waals surface area contributed by atoms with Crippen LogP contribution in [0.4, 0.5) is 0 Å². The molecule has 82 valence electrons. The predicted molar refractivity (Wildman–Crippen MR) is 64.1 cm³/mol. The number of hydrogen-bond donors (Lipinski definition) is 0. The van der Waals surface area contributed by atoms with Crippen molar-refractivity contribution in [1.82, 2.24) is 9.78 Å². The van der Waals surface area contributed by atoms with Crippen molar-refractivity contribution >= 4 is 27.7 Å². The smallest absolute Gasteiger partial charge is 0.139 e. The van der Waals surface area contributed by atoms with Gasteiger partial charge in [0.25, 0.3) is 0 Å². The first-order chi connectivity index (χ1) is 7.28. The van der Waals surface area contributed by atoms with E-state index in [9.17, 15) is 0 Å². The Labute approximate surface area is 102 Å². The van der Waals surface area contributed by atoms with Gasteiger partial charge in [-0.15, -0.1) is 0 Å². The Hall–Kier alpha value is -0.0000000000000000763. The summed E-state index contributed by atoms with van der Waals surface area (Å²) >= 11 is 5.58. The topological polar surface area (TPSA) is 30.4 Å². The molecule has 0 aromatic carbocycles. The van der Waals surface area contributed by atoms with E-state index in [1.807, 2.05) is 18.0 Å². The largest absolute Gasteiger partial charge is 0.358 e. The Morgan fingerprint density at radius 3 is 3.40 bits per heavy atom. The number of aryl methyl sites for hydroxylation is 1. The number of aromatic nitrogens is 2. The summed E-state index contributed by atoms with van der Waals surface area (Å²) in [5.41, 5.74) is 1.23. The number of epoxide rings is 1. The summed E-state index contributed by atoms with van der Waals surface area (Å²) in [5.74, 6) is 2.32. The first-order valence-electron chi connectivity index (χ1n) is 5.25. The van der Waals surface area contributed by atoms with Crippen molar-refractivity contribution in [2.24, 2.45) is 0 Å². The van der Waals surface area contributed by atoms with E-state index in [1.165, 1.54) is 11.4 Å². The van der Waals surface area contributed by atoms with Crippen molar-refractivity contribution in [3.05, 3.63) is 16.4 Å². The zero-order valence-electron chi connectivity index (χ0n) is 8.57. The van der Waals surface area contributed by atoms with Crippen molar-refractivity contribution in [3.8, 4) is 0 Å². The molecular weight excluding hydrogens is 276 g/mol. The highest BCUT2D eigenvalue weighted by Crippen LogP contribution is 2.55. The Morgan fingerprint density at radius 1 is 1.80 bits per heavy atom. The second-order valence-corrected chi connectivity index (χ2v) is 5.98. The molecule has 2 atom stereocenters. The maximum atomic E-state index is 5.92. The molecule has 0 bridgehead atoms. The highest BCUT2D eigenvalue weighted by molar-refractivity contribution is 9.10. The predicted octanol–water partition coefficient (Wildman–Crippen LogP) is 2.40. The monoisotopic (exact) mass is 288 g/mol. The molecule has 3 nitrogen and oxygen atoms in total. The maximum absolute atomic E-state index is 5.92. The quantitative estimate of drug-likeness (QED) is 0.783. The average molecular weight is 289 g/mol. The van der Waals surface area contributed by atoms with Crippen LogP contribution >= 0.6 is 27.7 Å². The van der Waals surface area contributed by atoms with E-state index in [1.54, 1.807) is 0 Å². The summed E-state index contributed by atoms with van der Waals surface area (Å²) in [6, 6.07) is 0. The molecule has 5 heteroatoms. The number of rotatable bonds is 2. The summed E-state index contributed by atoms with van der Waals surface area (Å²) in [6.45, 7) is 3.03. The van der Waals surface area contributed by atoms with E-state index in [-0.39, 0.29) is 5.60 Å². The van der Waals surface area contributed by atoms with Crippen molar-refractivity contribution in [2.75, 3.05) is 11.5 Å². The van der Waals surface area contributed by atoms with Crippen molar-refractivity contribution in [1.29, 1.82) is 0 Å². The van der Waals surface area contributed by atoms with Crippen LogP contribution in [0.3, 0.4) is 0 Å². The molecule has 0 amide bonds. The Balaban J connectivity index is 2.01. The maximum Gasteiger partial charge on any atom is 0.139 e. The summed E-state index contributed by atoms with van der Waals surface area (Å²) in [5, 5.41) is 4.36. The van der Waals surface area contributed by atoms with Gasteiger partial charge in [-0.3, -0.25) is 4.68 Å². The third-order valence-electron chi connectivity index (χ3n) is 3.20. The molecule has 0 saturated carbocycles. The van der Waals surface area contributed by atoms with Gasteiger partial charge in [0, 0.05) is 12.3 Å². The summed E-state index contributed by atoms with van der Waals surface area (Å²) < 4.78 is 9.07. The molecule has 2 aliphatic heterocycles. The average Bonchev–Trinajstić information content (AvgIpc) is 2.87. The molecule has 2 saturated heterocycles. The van der Waals surface area contributed by atoms with Crippen LogP contribution < -0.4 is 0 Å². The first kappa shape index (κ1) is 10.2. The van der Waals surface area contributed by atoms with E-state index in [4.69, 9.17) is 4.74 Å². The van der Waals surface area contributed by atoms with Crippen LogP contribution in [0.2, 0.25) is 0 Å². The van der Waals surface area contributed by atoms with Crippen LogP contribution in [0.15, 0.2) is 10.7 Å². The first-order valence-corrected chi connectivity index (χ1v) is 7.20. The molecule has 1 aromatic rings. The fourth-order valence-corrected chi connectivity index (χ4v) is 4.17. The van der Waals surface area contributed by atoms with Gasteiger partial charge in [-0.05, 0) is 35.0 Å². The molecule has 2 aliphatic rings. The van der Waals surface area contributed by atoms with E-state index >= 15 is 0 Å². The lowest BCUT2D eigenvalue weighted by atomic mass is 9.98. The van der Waals surface area contributed by atoms with Gasteiger partial charge in [-0.25, -0.2) is 0 Å². The second kappa shape index (κ2) is 3.50. The van der Waals surface area contributed by atoms with Crippen LogP contribution in [0.1, 0.15) is 19.0 Å². The SMILES string of the molecule is CCn1ncc(Br)c1[C@]12CCSC[C@@H]1O2. The number of thioether (sulfide) groups is 1. The normalized spacial score (nSPS) is 33.9. The van der Waals surface area contributed by atoms with Crippen molar-refractivity contribution < 1.29 is 4.74 Å². The van der Waals surface area contributed by atoms with Gasteiger partial charge in [0.2, 0.25) is 0 Å². The summed E-state index contributed by atoms with van der Waals surface area (Å²) in [7, 11) is 0. The number of nitrogens with zero attached hydrogens (tertiary/aromatic N) is 2. The molecule has 1 aromatic heterocycles. The lowest BCUT2D eigenvalue weighted by molar-refractivity contribution is 0.281. The van der Waals surface area contributed by atoms with Crippen LogP contribution in [-0.2, 0) is 16.9 Å². The van der Waals surface area contributed by atoms with Gasteiger partial charge in [0.1, 0.15) is 11.7 Å². The van der Waals surface area contributed by atoms with Gasteiger partial charge in [0.15, 0.2) is 0 Å². The molecule has 15 heavy (non-hydrogen) atoms. The Kier molecular flexibility index (Phi) is 2.37. The van der Waals surface area contributed by atoms with Gasteiger partial charge < -0.3 is 4.74 Å². The van der Waals surface area contributed by atoms with E-state index in [2.05, 4.69) is 32.6 Å². The standard InChI is InChI=1S/C10H13BrN2OS/c1-2-13-9(7(11)5-12-13)10-3-4-15-6-8(10)14-10/h5,8H,2-4,6H2,1H3/t8-,10-/m0/s1. The number of hydrogen-bond acceptors (Lipinski definition) is 3. The molecule has 0 spiro atoms. The van der Waals surface area contributed by atoms with E-state index in [0.29, 0.717) is 6.10 Å². The molecule has 0 radical (unpaired) electrons. The molecule has 0 N–H and O–H groups in total. The third kappa shape index (κ3) is 1.40. The second-order valence-electron chi connectivity index (χ2n) is 3.98. The minimum absolute atomic E-state index is 0.0173. The molecular formula is C10H13BrN2OS. The zero-order valence-corrected chi connectivity index (χ0v) is 11.0. The van der Waals surface area contributed by atoms with Crippen molar-refractivity contribution in [2.45, 2.75) is 31.6 Å². The molecule has 3 rings (SSSR count). The highest BCUT2D eigenvalue weighted by atomic mass is 79.9. The van der Waals surface area contributed by atoms with Crippen molar-refractivity contribution in [3.63, 3.8) is 0 Å². The minimum atomic E-state index is -0.0173. The highest BCUT2D eigenvalue weighted by Gasteiger charge is 2.61. The molecule has 0 aliphatic carbocycles. The van der Waals surface area contributed by atoms with Gasteiger partial charge in [-0.1, -0.05) is 0 Å². The van der Waals surface area contributed by atoms with Gasteiger partial charge in [-0.2, -0.15) is 16.9 Å². The molecule has 3 heterocycles. The lowest BCUT2D eigenvalue weighted by Crippen LogP contribution is -2.24. The minimum Gasteiger partial charge on any atom is -0.358 e. The number of fused-ring (bicyclic) bond motifs is 1. The van der Waals surface area contributed by atoms with Gasteiger partial charge >= 0.3 is 0 Å². The summed E-state index contributed by atoms with van der Waals surface area (Å²) in [6.07, 6.45) is 3.41. The fourth-order valence-electron chi connectivity index (χ4n) is 2.37. The number of ether oxygens (including phenoxy) is 1. The van der Waals surface area contributed by atoms with Crippen LogP contribution in [0, 0.1) is 0 Å². The summed E-state index contributed by atoms with van der Waals surface area (Å²) in [4.78, 5) is 0. The lowest BCUT2D eigenvalue weighted by Gasteiger charge is -2.18. The number of halogens is 1. The Bertz CT molecular complexity index is 395. The van der Waals surface area contributed by atoms with Crippen LogP contribution in [0.25, 0.3) is 0 Å². The zero-order chi connectivity index (χ0) is 10.5. The molecule has 2 fully saturated rings.